The number of rotatable bonds is 2. The van der Waals surface area contributed by atoms with Crippen molar-refractivity contribution in [2.75, 3.05) is 13.1 Å². The van der Waals surface area contributed by atoms with E-state index in [2.05, 4.69) is 9.97 Å². The van der Waals surface area contributed by atoms with Gasteiger partial charge in [0.1, 0.15) is 10.7 Å². The van der Waals surface area contributed by atoms with Gasteiger partial charge in [-0.1, -0.05) is 0 Å². The molecule has 0 bridgehead atoms. The Morgan fingerprint density at radius 3 is 2.29 bits per heavy atom. The maximum Gasteiger partial charge on any atom is 0.246 e. The SMILES string of the molecule is Cc1ncc(S(=O)(=O)N2CCC2)cn1. The van der Waals surface area contributed by atoms with Crippen molar-refractivity contribution in [1.82, 2.24) is 14.3 Å². The largest absolute Gasteiger partial charge is 0.246 e. The number of aromatic nitrogens is 2. The summed E-state index contributed by atoms with van der Waals surface area (Å²) in [5.74, 6) is 0.576. The third-order valence-electron chi connectivity index (χ3n) is 2.21. The molecule has 0 saturated carbocycles. The molecule has 0 amide bonds. The van der Waals surface area contributed by atoms with Gasteiger partial charge in [-0.3, -0.25) is 0 Å². The minimum atomic E-state index is -3.31. The Morgan fingerprint density at radius 1 is 1.29 bits per heavy atom. The van der Waals surface area contributed by atoms with Gasteiger partial charge in [0.05, 0.1) is 12.4 Å². The first-order valence-electron chi connectivity index (χ1n) is 4.39. The number of sulfonamides is 1. The van der Waals surface area contributed by atoms with Gasteiger partial charge in [0, 0.05) is 13.1 Å². The van der Waals surface area contributed by atoms with Gasteiger partial charge in [-0.05, 0) is 13.3 Å². The van der Waals surface area contributed by atoms with E-state index < -0.39 is 10.0 Å². The van der Waals surface area contributed by atoms with Gasteiger partial charge in [0.25, 0.3) is 0 Å². The Bertz CT molecular complexity index is 422. The predicted octanol–water partition coefficient (Wildman–Crippen LogP) is 0.179. The predicted molar refractivity (Wildman–Crippen MR) is 50.1 cm³/mol. The summed E-state index contributed by atoms with van der Waals surface area (Å²) < 4.78 is 25.0. The molecule has 0 N–H and O–H groups in total. The zero-order chi connectivity index (χ0) is 10.2. The summed E-state index contributed by atoms with van der Waals surface area (Å²) in [7, 11) is -3.31. The number of nitrogens with zero attached hydrogens (tertiary/aromatic N) is 3. The topological polar surface area (TPSA) is 63.2 Å². The van der Waals surface area contributed by atoms with Crippen molar-refractivity contribution < 1.29 is 8.42 Å². The van der Waals surface area contributed by atoms with Crippen LogP contribution in [0.2, 0.25) is 0 Å². The first kappa shape index (κ1) is 9.54. The Kier molecular flexibility index (Phi) is 2.24. The maximum absolute atomic E-state index is 11.8. The van der Waals surface area contributed by atoms with Crippen molar-refractivity contribution in [1.29, 1.82) is 0 Å². The van der Waals surface area contributed by atoms with E-state index in [0.717, 1.165) is 6.42 Å². The second-order valence-electron chi connectivity index (χ2n) is 3.22. The van der Waals surface area contributed by atoms with Gasteiger partial charge in [-0.15, -0.1) is 0 Å². The summed E-state index contributed by atoms with van der Waals surface area (Å²) >= 11 is 0. The van der Waals surface area contributed by atoms with E-state index in [1.54, 1.807) is 6.92 Å². The van der Waals surface area contributed by atoms with Crippen LogP contribution in [0.25, 0.3) is 0 Å². The van der Waals surface area contributed by atoms with Gasteiger partial charge >= 0.3 is 0 Å². The molecular formula is C8H11N3O2S. The third kappa shape index (κ3) is 1.51. The summed E-state index contributed by atoms with van der Waals surface area (Å²) in [4.78, 5) is 7.92. The molecule has 76 valence electrons. The van der Waals surface area contributed by atoms with Crippen LogP contribution in [-0.2, 0) is 10.0 Å². The van der Waals surface area contributed by atoms with Crippen molar-refractivity contribution in [2.24, 2.45) is 0 Å². The van der Waals surface area contributed by atoms with E-state index in [1.807, 2.05) is 0 Å². The molecule has 5 nitrogen and oxygen atoms in total. The average Bonchev–Trinajstić information content (AvgIpc) is 2.00. The van der Waals surface area contributed by atoms with Gasteiger partial charge in [0.15, 0.2) is 0 Å². The highest BCUT2D eigenvalue weighted by atomic mass is 32.2. The van der Waals surface area contributed by atoms with Crippen molar-refractivity contribution >= 4 is 10.0 Å². The lowest BCUT2D eigenvalue weighted by Crippen LogP contribution is -2.41. The van der Waals surface area contributed by atoms with Crippen molar-refractivity contribution in [3.8, 4) is 0 Å². The minimum absolute atomic E-state index is 0.183. The molecule has 2 heterocycles. The van der Waals surface area contributed by atoms with E-state index in [4.69, 9.17) is 0 Å². The second kappa shape index (κ2) is 3.29. The van der Waals surface area contributed by atoms with Crippen LogP contribution in [0.3, 0.4) is 0 Å². The van der Waals surface area contributed by atoms with Crippen molar-refractivity contribution in [3.63, 3.8) is 0 Å². The van der Waals surface area contributed by atoms with Crippen LogP contribution in [0.1, 0.15) is 12.2 Å². The molecule has 0 atom stereocenters. The third-order valence-corrected chi connectivity index (χ3v) is 4.06. The molecular weight excluding hydrogens is 202 g/mol. The molecule has 1 aromatic rings. The van der Waals surface area contributed by atoms with Crippen LogP contribution < -0.4 is 0 Å². The normalized spacial score (nSPS) is 17.8. The lowest BCUT2D eigenvalue weighted by molar-refractivity contribution is 0.309. The van der Waals surface area contributed by atoms with Crippen LogP contribution in [-0.4, -0.2) is 35.8 Å². The zero-order valence-electron chi connectivity index (χ0n) is 7.84. The second-order valence-corrected chi connectivity index (χ2v) is 5.16. The van der Waals surface area contributed by atoms with Gasteiger partial charge in [-0.2, -0.15) is 4.31 Å². The van der Waals surface area contributed by atoms with Gasteiger partial charge in [-0.25, -0.2) is 18.4 Å². The zero-order valence-corrected chi connectivity index (χ0v) is 8.66. The highest BCUT2D eigenvalue weighted by Gasteiger charge is 2.29. The highest BCUT2D eigenvalue weighted by Crippen LogP contribution is 2.19. The molecule has 0 aliphatic carbocycles. The van der Waals surface area contributed by atoms with E-state index in [9.17, 15) is 8.42 Å². The molecule has 2 rings (SSSR count). The van der Waals surface area contributed by atoms with E-state index in [0.29, 0.717) is 18.9 Å². The molecule has 1 aliphatic heterocycles. The van der Waals surface area contributed by atoms with E-state index in [-0.39, 0.29) is 4.90 Å². The van der Waals surface area contributed by atoms with Crippen molar-refractivity contribution in [3.05, 3.63) is 18.2 Å². The average molecular weight is 213 g/mol. The molecule has 14 heavy (non-hydrogen) atoms. The fourth-order valence-corrected chi connectivity index (χ4v) is 2.60. The fourth-order valence-electron chi connectivity index (χ4n) is 1.19. The Labute approximate surface area is 82.8 Å². The molecule has 1 saturated heterocycles. The summed E-state index contributed by atoms with van der Waals surface area (Å²) in [6, 6.07) is 0. The lowest BCUT2D eigenvalue weighted by atomic mass is 10.3. The summed E-state index contributed by atoms with van der Waals surface area (Å²) in [5.41, 5.74) is 0. The van der Waals surface area contributed by atoms with E-state index in [1.165, 1.54) is 16.7 Å². The van der Waals surface area contributed by atoms with Crippen LogP contribution >= 0.6 is 0 Å². The summed E-state index contributed by atoms with van der Waals surface area (Å²) in [6.07, 6.45) is 3.65. The molecule has 0 spiro atoms. The van der Waals surface area contributed by atoms with Gasteiger partial charge < -0.3 is 0 Å². The Hall–Kier alpha value is -1.01. The first-order chi connectivity index (χ1) is 6.60. The van der Waals surface area contributed by atoms with Crippen LogP contribution in [0.4, 0.5) is 0 Å². The number of hydrogen-bond donors (Lipinski definition) is 0. The Morgan fingerprint density at radius 2 is 1.86 bits per heavy atom. The fraction of sp³-hybridized carbons (Fsp3) is 0.500. The maximum atomic E-state index is 11.8. The molecule has 1 fully saturated rings. The number of aryl methyl sites for hydroxylation is 1. The van der Waals surface area contributed by atoms with Crippen LogP contribution in [0, 0.1) is 6.92 Å². The number of hydrogen-bond acceptors (Lipinski definition) is 4. The molecule has 0 aromatic carbocycles. The standard InChI is InChI=1S/C8H11N3O2S/c1-7-9-5-8(6-10-7)14(12,13)11-3-2-4-11/h5-6H,2-4H2,1H3. The highest BCUT2D eigenvalue weighted by molar-refractivity contribution is 7.89. The summed E-state index contributed by atoms with van der Waals surface area (Å²) in [6.45, 7) is 2.94. The van der Waals surface area contributed by atoms with Gasteiger partial charge in [0.2, 0.25) is 10.0 Å². The quantitative estimate of drug-likeness (QED) is 0.703. The van der Waals surface area contributed by atoms with E-state index >= 15 is 0 Å². The molecule has 0 unspecified atom stereocenters. The molecule has 1 aromatic heterocycles. The molecule has 0 radical (unpaired) electrons. The summed E-state index contributed by atoms with van der Waals surface area (Å²) in [5, 5.41) is 0. The lowest BCUT2D eigenvalue weighted by Gasteiger charge is -2.29. The Balaban J connectivity index is 2.34. The molecule has 6 heteroatoms. The van der Waals surface area contributed by atoms with Crippen LogP contribution in [0.15, 0.2) is 17.3 Å². The first-order valence-corrected chi connectivity index (χ1v) is 5.83. The molecule has 1 aliphatic rings. The van der Waals surface area contributed by atoms with Crippen molar-refractivity contribution in [2.45, 2.75) is 18.2 Å². The smallest absolute Gasteiger partial charge is 0.240 e. The minimum Gasteiger partial charge on any atom is -0.240 e. The monoisotopic (exact) mass is 213 g/mol. The van der Waals surface area contributed by atoms with Crippen LogP contribution in [0.5, 0.6) is 0 Å².